The zero-order valence-electron chi connectivity index (χ0n) is 10.9. The fraction of sp³-hybridized carbons (Fsp3) is 1.00. The Bertz CT molecular complexity index is 127. The molecule has 0 spiro atoms. The van der Waals surface area contributed by atoms with E-state index in [0.717, 1.165) is 0 Å². The normalized spacial score (nSPS) is 13.4. The summed E-state index contributed by atoms with van der Waals surface area (Å²) in [6, 6.07) is 0. The third-order valence-corrected chi connectivity index (χ3v) is 5.32. The molecule has 0 aliphatic carbocycles. The molecule has 0 amide bonds. The van der Waals surface area contributed by atoms with Crippen LogP contribution in [0.2, 0.25) is 5.54 Å². The van der Waals surface area contributed by atoms with Crippen LogP contribution in [0, 0.1) is 0 Å². The molecule has 0 aromatic rings. The molecule has 0 rings (SSSR count). The van der Waals surface area contributed by atoms with Crippen molar-refractivity contribution in [2.45, 2.75) is 64.3 Å². The van der Waals surface area contributed by atoms with E-state index in [0.29, 0.717) is 5.54 Å². The highest BCUT2D eigenvalue weighted by Crippen LogP contribution is 2.26. The van der Waals surface area contributed by atoms with Gasteiger partial charge in [0.25, 0.3) is 0 Å². The van der Waals surface area contributed by atoms with Gasteiger partial charge in [-0.15, -0.1) is 0 Å². The van der Waals surface area contributed by atoms with Crippen LogP contribution in [0.4, 0.5) is 0 Å². The van der Waals surface area contributed by atoms with Crippen LogP contribution >= 0.6 is 0 Å². The van der Waals surface area contributed by atoms with E-state index in [1.54, 1.807) is 14.2 Å². The van der Waals surface area contributed by atoms with E-state index in [1.807, 2.05) is 0 Å². The van der Waals surface area contributed by atoms with E-state index in [2.05, 4.69) is 13.8 Å². The molecule has 2 nitrogen and oxygen atoms in total. The monoisotopic (exact) mass is 232 g/mol. The van der Waals surface area contributed by atoms with Crippen molar-refractivity contribution in [3.8, 4) is 0 Å². The zero-order valence-corrected chi connectivity index (χ0v) is 12.1. The maximum Gasteiger partial charge on any atom is 0.324 e. The van der Waals surface area contributed by atoms with Crippen molar-refractivity contribution >= 4 is 9.28 Å². The molecule has 0 radical (unpaired) electrons. The summed E-state index contributed by atoms with van der Waals surface area (Å²) in [6.45, 7) is 4.50. The number of hydrogen-bond donors (Lipinski definition) is 0. The summed E-state index contributed by atoms with van der Waals surface area (Å²) in [5.74, 6) is 0. The van der Waals surface area contributed by atoms with Gasteiger partial charge in [0.05, 0.1) is 0 Å². The second-order valence-electron chi connectivity index (χ2n) is 4.24. The highest BCUT2D eigenvalue weighted by atomic mass is 28.3. The van der Waals surface area contributed by atoms with Gasteiger partial charge in [0.1, 0.15) is 0 Å². The van der Waals surface area contributed by atoms with Gasteiger partial charge in [-0.25, -0.2) is 0 Å². The van der Waals surface area contributed by atoms with Crippen LogP contribution in [0.5, 0.6) is 0 Å². The smallest absolute Gasteiger partial charge is 0.324 e. The molecule has 0 saturated carbocycles. The Labute approximate surface area is 97.2 Å². The van der Waals surface area contributed by atoms with Crippen molar-refractivity contribution in [2.75, 3.05) is 14.2 Å². The summed E-state index contributed by atoms with van der Waals surface area (Å²) in [7, 11) is 2.23. The van der Waals surface area contributed by atoms with Gasteiger partial charge >= 0.3 is 9.28 Å². The van der Waals surface area contributed by atoms with Gasteiger partial charge in [0.15, 0.2) is 0 Å². The first kappa shape index (κ1) is 15.1. The van der Waals surface area contributed by atoms with Crippen molar-refractivity contribution in [1.82, 2.24) is 0 Å². The lowest BCUT2D eigenvalue weighted by Crippen LogP contribution is -2.26. The molecule has 0 heterocycles. The van der Waals surface area contributed by atoms with Gasteiger partial charge in [-0.2, -0.15) is 0 Å². The van der Waals surface area contributed by atoms with Crippen LogP contribution in [-0.2, 0) is 8.85 Å². The van der Waals surface area contributed by atoms with E-state index in [1.165, 1.54) is 44.9 Å². The maximum atomic E-state index is 5.51. The molecule has 0 fully saturated rings. The molecule has 1 unspecified atom stereocenters. The SMILES string of the molecule is CCCCCC(CCCC)[SiH](OC)OC. The molecule has 92 valence electrons. The van der Waals surface area contributed by atoms with Crippen LogP contribution < -0.4 is 0 Å². The predicted molar refractivity (Wildman–Crippen MR) is 68.6 cm³/mol. The molecule has 0 saturated heterocycles. The second kappa shape index (κ2) is 10.6. The van der Waals surface area contributed by atoms with Gasteiger partial charge < -0.3 is 8.85 Å². The zero-order chi connectivity index (χ0) is 11.5. The Hall–Kier alpha value is 0.137. The molecule has 0 aromatic carbocycles. The minimum atomic E-state index is -1.38. The summed E-state index contributed by atoms with van der Waals surface area (Å²) in [6.07, 6.45) is 9.15. The van der Waals surface area contributed by atoms with Crippen molar-refractivity contribution in [3.63, 3.8) is 0 Å². The molecule has 15 heavy (non-hydrogen) atoms. The first-order valence-electron chi connectivity index (χ1n) is 6.35. The predicted octanol–water partition coefficient (Wildman–Crippen LogP) is 3.64. The van der Waals surface area contributed by atoms with E-state index < -0.39 is 9.28 Å². The Morgan fingerprint density at radius 2 is 1.40 bits per heavy atom. The fourth-order valence-electron chi connectivity index (χ4n) is 2.02. The molecule has 0 aliphatic rings. The van der Waals surface area contributed by atoms with Crippen molar-refractivity contribution in [1.29, 1.82) is 0 Å². The van der Waals surface area contributed by atoms with Gasteiger partial charge in [-0.05, 0) is 18.4 Å². The quantitative estimate of drug-likeness (QED) is 0.423. The lowest BCUT2D eigenvalue weighted by Gasteiger charge is -2.22. The van der Waals surface area contributed by atoms with Gasteiger partial charge in [-0.3, -0.25) is 0 Å². The van der Waals surface area contributed by atoms with E-state index in [9.17, 15) is 0 Å². The third kappa shape index (κ3) is 7.09. The summed E-state index contributed by atoms with van der Waals surface area (Å²) in [5, 5.41) is 0. The van der Waals surface area contributed by atoms with Gasteiger partial charge in [0, 0.05) is 14.2 Å². The van der Waals surface area contributed by atoms with E-state index in [4.69, 9.17) is 8.85 Å². The Morgan fingerprint density at radius 3 is 1.87 bits per heavy atom. The molecule has 1 atom stereocenters. The minimum Gasteiger partial charge on any atom is -0.400 e. The number of rotatable bonds is 10. The molecule has 3 heteroatoms. The lowest BCUT2D eigenvalue weighted by atomic mass is 10.1. The van der Waals surface area contributed by atoms with Gasteiger partial charge in [0.2, 0.25) is 0 Å². The van der Waals surface area contributed by atoms with Crippen LogP contribution in [0.25, 0.3) is 0 Å². The molecule has 0 bridgehead atoms. The highest BCUT2D eigenvalue weighted by molar-refractivity contribution is 6.46. The molecular weight excluding hydrogens is 204 g/mol. The lowest BCUT2D eigenvalue weighted by molar-refractivity contribution is 0.258. The van der Waals surface area contributed by atoms with Crippen LogP contribution in [0.15, 0.2) is 0 Å². The highest BCUT2D eigenvalue weighted by Gasteiger charge is 2.23. The summed E-state index contributed by atoms with van der Waals surface area (Å²) in [5.41, 5.74) is 0.714. The molecule has 0 N–H and O–H groups in total. The Kier molecular flexibility index (Phi) is 10.7. The number of unbranched alkanes of at least 4 members (excludes halogenated alkanes) is 3. The van der Waals surface area contributed by atoms with E-state index >= 15 is 0 Å². The average Bonchev–Trinajstić information content (AvgIpc) is 2.26. The summed E-state index contributed by atoms with van der Waals surface area (Å²) in [4.78, 5) is 0. The first-order chi connectivity index (χ1) is 7.29. The second-order valence-corrected chi connectivity index (χ2v) is 6.86. The molecule has 0 aliphatic heterocycles. The molecular formula is C12H28O2Si. The Morgan fingerprint density at radius 1 is 0.867 bits per heavy atom. The minimum absolute atomic E-state index is 0.714. The van der Waals surface area contributed by atoms with Crippen LogP contribution in [0.1, 0.15) is 58.8 Å². The first-order valence-corrected chi connectivity index (χ1v) is 7.96. The summed E-state index contributed by atoms with van der Waals surface area (Å²) < 4.78 is 11.0. The molecule has 0 aromatic heterocycles. The van der Waals surface area contributed by atoms with Crippen molar-refractivity contribution < 1.29 is 8.85 Å². The van der Waals surface area contributed by atoms with E-state index in [-0.39, 0.29) is 0 Å². The van der Waals surface area contributed by atoms with Crippen LogP contribution in [0.3, 0.4) is 0 Å². The third-order valence-electron chi connectivity index (χ3n) is 2.96. The fourth-order valence-corrected chi connectivity index (χ4v) is 4.00. The average molecular weight is 232 g/mol. The maximum absolute atomic E-state index is 5.51. The Balaban J connectivity index is 3.91. The van der Waals surface area contributed by atoms with Crippen LogP contribution in [-0.4, -0.2) is 23.5 Å². The topological polar surface area (TPSA) is 18.5 Å². The largest absolute Gasteiger partial charge is 0.400 e. The van der Waals surface area contributed by atoms with Crippen molar-refractivity contribution in [2.24, 2.45) is 0 Å². The number of hydrogen-bond acceptors (Lipinski definition) is 2. The standard InChI is InChI=1S/C12H28O2Si/c1-5-7-9-11-12(10-8-6-2)15(13-3)14-4/h12,15H,5-11H2,1-4H3. The van der Waals surface area contributed by atoms with Gasteiger partial charge in [-0.1, -0.05) is 46.0 Å². The summed E-state index contributed by atoms with van der Waals surface area (Å²) >= 11 is 0. The van der Waals surface area contributed by atoms with Crippen molar-refractivity contribution in [3.05, 3.63) is 0 Å².